The van der Waals surface area contributed by atoms with Crippen LogP contribution in [0.2, 0.25) is 0 Å². The minimum atomic E-state index is -0.341. The largest absolute Gasteiger partial charge is 0.462 e. The molecule has 0 aliphatic carbocycles. The number of carbonyl (C=O) groups is 1. The summed E-state index contributed by atoms with van der Waals surface area (Å²) in [5, 5.41) is 5.52. The Kier molecular flexibility index (Phi) is 9.81. The Balaban J connectivity index is 0.00000103. The van der Waals surface area contributed by atoms with E-state index in [9.17, 15) is 4.79 Å². The molecule has 4 rings (SSSR count). The monoisotopic (exact) mass is 528 g/mol. The van der Waals surface area contributed by atoms with E-state index < -0.39 is 0 Å². The molecule has 4 heterocycles. The lowest BCUT2D eigenvalue weighted by molar-refractivity contribution is -0.191. The predicted octanol–water partition coefficient (Wildman–Crippen LogP) is 7.26. The molecule has 0 saturated heterocycles. The quantitative estimate of drug-likeness (QED) is 0.178. The molecule has 0 amide bonds. The molecule has 0 fully saturated rings. The third-order valence-electron chi connectivity index (χ3n) is 4.35. The van der Waals surface area contributed by atoms with Gasteiger partial charge in [-0.05, 0) is 48.4 Å². The van der Waals surface area contributed by atoms with Crippen molar-refractivity contribution in [3.05, 3.63) is 68.0 Å². The summed E-state index contributed by atoms with van der Waals surface area (Å²) in [4.78, 5) is 42.9. The zero-order valence-electron chi connectivity index (χ0n) is 18.3. The van der Waals surface area contributed by atoms with Crippen LogP contribution in [0.25, 0.3) is 9.75 Å². The van der Waals surface area contributed by atoms with Crippen LogP contribution in [0.5, 0.6) is 0 Å². The number of esters is 1. The predicted molar refractivity (Wildman–Crippen MR) is 141 cm³/mol. The number of hydrogen-bond acceptors (Lipinski definition) is 10. The first kappa shape index (κ1) is 25.6. The van der Waals surface area contributed by atoms with Gasteiger partial charge in [-0.1, -0.05) is 30.4 Å². The zero-order chi connectivity index (χ0) is 24.3. The molecular weight excluding hydrogens is 509 g/mol. The van der Waals surface area contributed by atoms with Crippen LogP contribution >= 0.6 is 45.3 Å². The summed E-state index contributed by atoms with van der Waals surface area (Å²) < 4.78 is 5.32. The molecule has 34 heavy (non-hydrogen) atoms. The first-order chi connectivity index (χ1) is 16.6. The number of thiophene rings is 4. The van der Waals surface area contributed by atoms with Crippen LogP contribution in [0.15, 0.2) is 57.1 Å². The van der Waals surface area contributed by atoms with Gasteiger partial charge in [0.15, 0.2) is 0 Å². The maximum Gasteiger partial charge on any atom is 0.373 e. The fourth-order valence-electron chi connectivity index (χ4n) is 2.96. The molecule has 0 aliphatic heterocycles. The third-order valence-corrected chi connectivity index (χ3v) is 8.29. The maximum atomic E-state index is 12.7. The number of ether oxygens (including phenoxy) is 1. The first-order valence-corrected chi connectivity index (χ1v) is 13.6. The lowest BCUT2D eigenvalue weighted by atomic mass is 10.1. The van der Waals surface area contributed by atoms with E-state index in [1.54, 1.807) is 40.2 Å². The van der Waals surface area contributed by atoms with Crippen molar-refractivity contribution in [2.75, 3.05) is 6.61 Å². The second-order valence-corrected chi connectivity index (χ2v) is 10.5. The molecule has 10 heteroatoms. The average molecular weight is 529 g/mol. The number of nitrogens with zero attached hydrogens (tertiary/aromatic N) is 2. The van der Waals surface area contributed by atoms with E-state index >= 15 is 0 Å². The van der Waals surface area contributed by atoms with Crippen LogP contribution in [-0.4, -0.2) is 31.2 Å². The second kappa shape index (κ2) is 13.0. The molecule has 0 spiro atoms. The van der Waals surface area contributed by atoms with Crippen molar-refractivity contribution in [2.24, 2.45) is 9.98 Å². The zero-order valence-corrected chi connectivity index (χ0v) is 21.6. The van der Waals surface area contributed by atoms with E-state index in [2.05, 4.69) is 34.6 Å². The standard InChI is InChI=1S/C23H20N2O2S4.CO2/c1-3-17-20(23(26)27-4-2)22(25-13-15-7-5-11-28-15)31-21(17)24-14-16-9-10-19(30-16)18-8-6-12-29-18;2-1-3/h5-14H,3-4H2,1-2H3;. The molecule has 0 atom stereocenters. The van der Waals surface area contributed by atoms with Crippen molar-refractivity contribution < 1.29 is 19.1 Å². The summed E-state index contributed by atoms with van der Waals surface area (Å²) in [6.07, 6.45) is 4.59. The van der Waals surface area contributed by atoms with E-state index in [1.807, 2.05) is 37.6 Å². The Morgan fingerprint density at radius 3 is 2.26 bits per heavy atom. The molecule has 4 aromatic rings. The summed E-state index contributed by atoms with van der Waals surface area (Å²) in [5.41, 5.74) is 1.41. The van der Waals surface area contributed by atoms with Gasteiger partial charge in [0.25, 0.3) is 0 Å². The second-order valence-electron chi connectivity index (χ2n) is 6.43. The molecule has 0 N–H and O–H groups in total. The van der Waals surface area contributed by atoms with Crippen LogP contribution < -0.4 is 0 Å². The van der Waals surface area contributed by atoms with Crippen LogP contribution in [0.3, 0.4) is 0 Å². The van der Waals surface area contributed by atoms with Crippen molar-refractivity contribution in [2.45, 2.75) is 20.3 Å². The van der Waals surface area contributed by atoms with Crippen molar-refractivity contribution in [1.29, 1.82) is 0 Å². The Morgan fingerprint density at radius 1 is 0.912 bits per heavy atom. The van der Waals surface area contributed by atoms with Crippen LogP contribution in [-0.2, 0) is 20.7 Å². The van der Waals surface area contributed by atoms with Crippen molar-refractivity contribution >= 4 is 79.9 Å². The fourth-order valence-corrected chi connectivity index (χ4v) is 6.33. The van der Waals surface area contributed by atoms with Gasteiger partial charge in [0.2, 0.25) is 0 Å². The van der Waals surface area contributed by atoms with Gasteiger partial charge in [-0.25, -0.2) is 14.8 Å². The highest BCUT2D eigenvalue weighted by atomic mass is 32.1. The Labute approximate surface area is 212 Å². The molecule has 0 aliphatic rings. The van der Waals surface area contributed by atoms with Crippen molar-refractivity contribution in [3.63, 3.8) is 0 Å². The molecular formula is C24H20N2O4S4. The molecule has 0 bridgehead atoms. The van der Waals surface area contributed by atoms with Gasteiger partial charge in [-0.15, -0.1) is 34.0 Å². The molecule has 174 valence electrons. The summed E-state index contributed by atoms with van der Waals surface area (Å²) in [6, 6.07) is 12.3. The molecule has 6 nitrogen and oxygen atoms in total. The molecule has 4 aromatic heterocycles. The highest BCUT2D eigenvalue weighted by Gasteiger charge is 2.23. The van der Waals surface area contributed by atoms with Crippen molar-refractivity contribution in [3.8, 4) is 9.75 Å². The van der Waals surface area contributed by atoms with E-state index in [-0.39, 0.29) is 12.1 Å². The lowest BCUT2D eigenvalue weighted by Gasteiger charge is -2.03. The Hall–Kier alpha value is -3.01. The number of rotatable bonds is 8. The van der Waals surface area contributed by atoms with Gasteiger partial charge in [-0.2, -0.15) is 9.59 Å². The number of carbonyl (C=O) groups excluding carboxylic acids is 3. The van der Waals surface area contributed by atoms with Gasteiger partial charge in [-0.3, -0.25) is 0 Å². The molecule has 0 unspecified atom stereocenters. The van der Waals surface area contributed by atoms with Gasteiger partial charge < -0.3 is 4.74 Å². The summed E-state index contributed by atoms with van der Waals surface area (Å²) >= 11 is 6.46. The van der Waals surface area contributed by atoms with Crippen LogP contribution in [0.4, 0.5) is 10.0 Å². The molecule has 0 aromatic carbocycles. The average Bonchev–Trinajstić information content (AvgIpc) is 3.63. The third kappa shape index (κ3) is 6.53. The summed E-state index contributed by atoms with van der Waals surface area (Å²) in [7, 11) is 0. The Morgan fingerprint density at radius 2 is 1.62 bits per heavy atom. The van der Waals surface area contributed by atoms with E-state index in [1.165, 1.54) is 21.1 Å². The van der Waals surface area contributed by atoms with Gasteiger partial charge >= 0.3 is 12.1 Å². The van der Waals surface area contributed by atoms with Gasteiger partial charge in [0.1, 0.15) is 15.6 Å². The Bertz CT molecular complexity index is 1290. The first-order valence-electron chi connectivity index (χ1n) is 10.2. The minimum absolute atomic E-state index is 0.250. The topological polar surface area (TPSA) is 85.2 Å². The SMILES string of the molecule is CCOC(=O)c1c(N=Cc2cccs2)sc(N=Cc2ccc(-c3cccs3)s2)c1CC.O=C=O. The highest BCUT2D eigenvalue weighted by Crippen LogP contribution is 2.42. The van der Waals surface area contributed by atoms with Crippen molar-refractivity contribution in [1.82, 2.24) is 0 Å². The molecule has 0 radical (unpaired) electrons. The van der Waals surface area contributed by atoms with Crippen LogP contribution in [0, 0.1) is 0 Å². The summed E-state index contributed by atoms with van der Waals surface area (Å²) in [5.74, 6) is -0.341. The number of hydrogen-bond donors (Lipinski definition) is 0. The minimum Gasteiger partial charge on any atom is -0.462 e. The summed E-state index contributed by atoms with van der Waals surface area (Å²) in [6.45, 7) is 4.16. The van der Waals surface area contributed by atoms with E-state index in [0.29, 0.717) is 23.6 Å². The van der Waals surface area contributed by atoms with E-state index in [4.69, 9.17) is 19.3 Å². The van der Waals surface area contributed by atoms with E-state index in [0.717, 1.165) is 20.3 Å². The molecule has 0 saturated carbocycles. The fraction of sp³-hybridized carbons (Fsp3) is 0.167. The van der Waals surface area contributed by atoms with Crippen LogP contribution in [0.1, 0.15) is 39.5 Å². The van der Waals surface area contributed by atoms with Gasteiger partial charge in [0.05, 0.1) is 6.61 Å². The normalized spacial score (nSPS) is 10.9. The number of aliphatic imine (C=N–C) groups is 2. The lowest BCUT2D eigenvalue weighted by Crippen LogP contribution is -2.06. The van der Waals surface area contributed by atoms with Gasteiger partial charge in [0, 0.05) is 37.5 Å². The smallest absolute Gasteiger partial charge is 0.373 e. The highest BCUT2D eigenvalue weighted by molar-refractivity contribution is 7.22. The maximum absolute atomic E-state index is 12.7.